The minimum Gasteiger partial charge on any atom is -0.310 e. The molecule has 17 heavy (non-hydrogen) atoms. The number of aryl methyl sites for hydroxylation is 1. The third-order valence-corrected chi connectivity index (χ3v) is 2.92. The number of hydrogen-bond donors (Lipinski definition) is 1. The van der Waals surface area contributed by atoms with E-state index in [1.54, 1.807) is 6.92 Å². The zero-order valence-corrected chi connectivity index (χ0v) is 11.0. The molecule has 0 aliphatic heterocycles. The van der Waals surface area contributed by atoms with Gasteiger partial charge in [-0.2, -0.15) is 0 Å². The van der Waals surface area contributed by atoms with E-state index in [1.807, 2.05) is 6.92 Å². The molecule has 0 aliphatic rings. The van der Waals surface area contributed by atoms with Crippen LogP contribution in [0.25, 0.3) is 0 Å². The van der Waals surface area contributed by atoms with Crippen LogP contribution < -0.4 is 5.32 Å². The van der Waals surface area contributed by atoms with Crippen LogP contribution in [0.5, 0.6) is 0 Å². The van der Waals surface area contributed by atoms with E-state index in [2.05, 4.69) is 19.2 Å². The molecule has 0 spiro atoms. The van der Waals surface area contributed by atoms with Crippen molar-refractivity contribution in [2.45, 2.75) is 40.2 Å². The predicted molar refractivity (Wildman–Crippen MR) is 67.0 cm³/mol. The Bertz CT molecular complexity index is 375. The predicted octanol–water partition coefficient (Wildman–Crippen LogP) is 3.97. The Morgan fingerprint density at radius 1 is 1.12 bits per heavy atom. The van der Waals surface area contributed by atoms with E-state index in [0.717, 1.165) is 13.0 Å². The fourth-order valence-electron chi connectivity index (χ4n) is 1.69. The van der Waals surface area contributed by atoms with Crippen LogP contribution in [-0.4, -0.2) is 6.54 Å². The number of hydrogen-bond acceptors (Lipinski definition) is 1. The highest BCUT2D eigenvalue weighted by Gasteiger charge is 2.13. The first kappa shape index (κ1) is 14.1. The fraction of sp³-hybridized carbons (Fsp3) is 0.571. The van der Waals surface area contributed by atoms with Crippen LogP contribution >= 0.6 is 0 Å². The number of nitrogens with one attached hydrogen (secondary N) is 1. The average molecular weight is 241 g/mol. The molecule has 3 heteroatoms. The van der Waals surface area contributed by atoms with Crippen molar-refractivity contribution in [2.75, 3.05) is 6.54 Å². The lowest BCUT2D eigenvalue weighted by Gasteiger charge is -2.16. The lowest BCUT2D eigenvalue weighted by Crippen LogP contribution is -2.22. The highest BCUT2D eigenvalue weighted by molar-refractivity contribution is 5.27. The van der Waals surface area contributed by atoms with Crippen molar-refractivity contribution in [1.82, 2.24) is 5.32 Å². The monoisotopic (exact) mass is 241 g/mol. The first-order valence-corrected chi connectivity index (χ1v) is 6.10. The molecular formula is C14H21F2N. The highest BCUT2D eigenvalue weighted by Crippen LogP contribution is 2.20. The van der Waals surface area contributed by atoms with Crippen LogP contribution in [-0.2, 0) is 0 Å². The fourth-order valence-corrected chi connectivity index (χ4v) is 1.69. The van der Waals surface area contributed by atoms with Crippen LogP contribution in [0.15, 0.2) is 12.1 Å². The molecule has 0 amide bonds. The van der Waals surface area contributed by atoms with Crippen molar-refractivity contribution in [3.8, 4) is 0 Å². The van der Waals surface area contributed by atoms with E-state index in [0.29, 0.717) is 17.0 Å². The van der Waals surface area contributed by atoms with Crippen molar-refractivity contribution >= 4 is 0 Å². The van der Waals surface area contributed by atoms with Crippen LogP contribution in [0.1, 0.15) is 44.4 Å². The molecule has 96 valence electrons. The van der Waals surface area contributed by atoms with Crippen LogP contribution in [0.4, 0.5) is 8.78 Å². The molecule has 1 N–H and O–H groups in total. The molecule has 1 unspecified atom stereocenters. The normalized spacial score (nSPS) is 13.1. The van der Waals surface area contributed by atoms with E-state index >= 15 is 0 Å². The Morgan fingerprint density at radius 2 is 1.76 bits per heavy atom. The maximum Gasteiger partial charge on any atom is 0.128 e. The van der Waals surface area contributed by atoms with Crippen LogP contribution in [0, 0.1) is 24.5 Å². The van der Waals surface area contributed by atoms with Crippen molar-refractivity contribution in [2.24, 2.45) is 5.92 Å². The first-order chi connectivity index (χ1) is 7.91. The van der Waals surface area contributed by atoms with Crippen molar-refractivity contribution in [1.29, 1.82) is 0 Å². The van der Waals surface area contributed by atoms with Gasteiger partial charge < -0.3 is 5.32 Å². The number of benzene rings is 1. The summed E-state index contributed by atoms with van der Waals surface area (Å²) >= 11 is 0. The van der Waals surface area contributed by atoms with Crippen LogP contribution in [0.2, 0.25) is 0 Å². The summed E-state index contributed by atoms with van der Waals surface area (Å²) in [6, 6.07) is 2.38. The second kappa shape index (κ2) is 6.10. The lowest BCUT2D eigenvalue weighted by atomic mass is 10.0. The van der Waals surface area contributed by atoms with Crippen molar-refractivity contribution in [3.05, 3.63) is 34.9 Å². The van der Waals surface area contributed by atoms with Gasteiger partial charge in [0.05, 0.1) is 0 Å². The molecule has 1 atom stereocenters. The molecule has 0 saturated carbocycles. The van der Waals surface area contributed by atoms with Gasteiger partial charge in [-0.1, -0.05) is 13.8 Å². The maximum absolute atomic E-state index is 13.7. The summed E-state index contributed by atoms with van der Waals surface area (Å²) in [5.74, 6) is -0.0818. The Labute approximate surface area is 102 Å². The SMILES string of the molecule is Cc1cc(F)c(C(C)NCCC(C)C)cc1F. The minimum absolute atomic E-state index is 0.163. The van der Waals surface area contributed by atoms with Gasteiger partial charge in [0.1, 0.15) is 11.6 Å². The van der Waals surface area contributed by atoms with Gasteiger partial charge >= 0.3 is 0 Å². The molecule has 0 saturated heterocycles. The molecule has 0 aromatic heterocycles. The summed E-state index contributed by atoms with van der Waals surface area (Å²) < 4.78 is 27.0. The van der Waals surface area contributed by atoms with E-state index in [1.165, 1.54) is 12.1 Å². The van der Waals surface area contributed by atoms with Gasteiger partial charge in [0.2, 0.25) is 0 Å². The van der Waals surface area contributed by atoms with E-state index in [9.17, 15) is 8.78 Å². The van der Waals surface area contributed by atoms with Crippen molar-refractivity contribution in [3.63, 3.8) is 0 Å². The van der Waals surface area contributed by atoms with Gasteiger partial charge in [0.15, 0.2) is 0 Å². The summed E-state index contributed by atoms with van der Waals surface area (Å²) in [7, 11) is 0. The Balaban J connectivity index is 2.68. The molecule has 1 nitrogen and oxygen atoms in total. The number of halogens is 2. The molecular weight excluding hydrogens is 220 g/mol. The average Bonchev–Trinajstić information content (AvgIpc) is 2.22. The highest BCUT2D eigenvalue weighted by atomic mass is 19.1. The zero-order chi connectivity index (χ0) is 13.0. The second-order valence-electron chi connectivity index (χ2n) is 4.98. The molecule has 0 radical (unpaired) electrons. The Hall–Kier alpha value is -0.960. The smallest absolute Gasteiger partial charge is 0.128 e. The third kappa shape index (κ3) is 4.08. The molecule has 0 bridgehead atoms. The Kier molecular flexibility index (Phi) is 5.06. The van der Waals surface area contributed by atoms with Gasteiger partial charge in [0.25, 0.3) is 0 Å². The topological polar surface area (TPSA) is 12.0 Å². The summed E-state index contributed by atoms with van der Waals surface area (Å²) in [5, 5.41) is 3.21. The summed E-state index contributed by atoms with van der Waals surface area (Å²) in [5.41, 5.74) is 0.748. The zero-order valence-electron chi connectivity index (χ0n) is 11.0. The standard InChI is InChI=1S/C14H21F2N/c1-9(2)5-6-17-11(4)12-8-13(15)10(3)7-14(12)16/h7-9,11,17H,5-6H2,1-4H3. The largest absolute Gasteiger partial charge is 0.310 e. The number of rotatable bonds is 5. The molecule has 0 heterocycles. The van der Waals surface area contributed by atoms with Crippen LogP contribution in [0.3, 0.4) is 0 Å². The maximum atomic E-state index is 13.7. The molecule has 1 rings (SSSR count). The second-order valence-corrected chi connectivity index (χ2v) is 4.98. The first-order valence-electron chi connectivity index (χ1n) is 6.10. The summed E-state index contributed by atoms with van der Waals surface area (Å²) in [4.78, 5) is 0. The lowest BCUT2D eigenvalue weighted by molar-refractivity contribution is 0.478. The third-order valence-electron chi connectivity index (χ3n) is 2.92. The van der Waals surface area contributed by atoms with Gasteiger partial charge in [-0.3, -0.25) is 0 Å². The molecule has 1 aromatic carbocycles. The van der Waals surface area contributed by atoms with Gasteiger partial charge in [0, 0.05) is 11.6 Å². The summed E-state index contributed by atoms with van der Waals surface area (Å²) in [6.45, 7) is 8.51. The minimum atomic E-state index is -0.348. The van der Waals surface area contributed by atoms with E-state index < -0.39 is 0 Å². The summed E-state index contributed by atoms with van der Waals surface area (Å²) in [6.07, 6.45) is 1.03. The molecule has 0 aliphatic carbocycles. The van der Waals surface area contributed by atoms with Gasteiger partial charge in [-0.25, -0.2) is 8.78 Å². The van der Waals surface area contributed by atoms with E-state index in [4.69, 9.17) is 0 Å². The molecule has 0 fully saturated rings. The quantitative estimate of drug-likeness (QED) is 0.822. The van der Waals surface area contributed by atoms with E-state index in [-0.39, 0.29) is 17.7 Å². The molecule has 1 aromatic rings. The van der Waals surface area contributed by atoms with Crippen molar-refractivity contribution < 1.29 is 8.78 Å². The van der Waals surface area contributed by atoms with Gasteiger partial charge in [-0.05, 0) is 50.4 Å². The van der Waals surface area contributed by atoms with Gasteiger partial charge in [-0.15, -0.1) is 0 Å². The Morgan fingerprint density at radius 3 is 2.35 bits per heavy atom.